The number of likely N-dealkylation sites (tertiary alicyclic amines) is 1. The van der Waals surface area contributed by atoms with Gasteiger partial charge in [0.15, 0.2) is 11.5 Å². The van der Waals surface area contributed by atoms with E-state index in [1.54, 1.807) is 18.2 Å². The van der Waals surface area contributed by atoms with Crippen molar-refractivity contribution in [2.24, 2.45) is 0 Å². The van der Waals surface area contributed by atoms with Gasteiger partial charge in [0.05, 0.1) is 5.56 Å². The number of carbonyl (C=O) groups is 2. The summed E-state index contributed by atoms with van der Waals surface area (Å²) in [6.07, 6.45) is 1.46. The Bertz CT molecular complexity index is 871. The number of ether oxygens (including phenoxy) is 2. The predicted molar refractivity (Wildman–Crippen MR) is 105 cm³/mol. The number of amides is 2. The molecule has 1 fully saturated rings. The van der Waals surface area contributed by atoms with Crippen LogP contribution in [0.3, 0.4) is 0 Å². The zero-order valence-corrected chi connectivity index (χ0v) is 15.9. The summed E-state index contributed by atoms with van der Waals surface area (Å²) >= 11 is 0. The minimum Gasteiger partial charge on any atom is -0.486 e. The monoisotopic (exact) mass is 380 g/mol. The van der Waals surface area contributed by atoms with Crippen molar-refractivity contribution in [1.29, 1.82) is 0 Å². The predicted octanol–water partition coefficient (Wildman–Crippen LogP) is 2.80. The lowest BCUT2D eigenvalue weighted by Crippen LogP contribution is -2.46. The van der Waals surface area contributed by atoms with Crippen molar-refractivity contribution in [1.82, 2.24) is 10.2 Å². The molecule has 2 aromatic carbocycles. The first-order valence-electron chi connectivity index (χ1n) is 9.67. The summed E-state index contributed by atoms with van der Waals surface area (Å²) in [4.78, 5) is 27.2. The van der Waals surface area contributed by atoms with E-state index in [0.29, 0.717) is 48.9 Å². The number of nitrogens with zero attached hydrogens (tertiary/aromatic N) is 1. The molecule has 2 amide bonds. The average molecular weight is 380 g/mol. The van der Waals surface area contributed by atoms with Gasteiger partial charge in [-0.1, -0.05) is 23.8 Å². The Morgan fingerprint density at radius 3 is 2.46 bits per heavy atom. The Morgan fingerprint density at radius 2 is 1.71 bits per heavy atom. The second-order valence-electron chi connectivity index (χ2n) is 7.24. The third-order valence-electron chi connectivity index (χ3n) is 5.23. The van der Waals surface area contributed by atoms with E-state index in [1.807, 2.05) is 36.1 Å². The molecule has 146 valence electrons. The van der Waals surface area contributed by atoms with E-state index in [2.05, 4.69) is 5.32 Å². The number of para-hydroxylation sites is 1. The standard InChI is InChI=1S/C22H24N2O4/c1-15-5-7-16(8-6-15)22(26)24-11-9-17(10-12-24)23-21(25)18-3-2-4-19-20(18)28-14-13-27-19/h2-8,17H,9-14H2,1H3,(H,23,25). The molecule has 6 heteroatoms. The molecule has 0 aromatic heterocycles. The average Bonchev–Trinajstić information content (AvgIpc) is 2.74. The van der Waals surface area contributed by atoms with Crippen LogP contribution in [-0.2, 0) is 0 Å². The summed E-state index contributed by atoms with van der Waals surface area (Å²) in [5.41, 5.74) is 2.34. The van der Waals surface area contributed by atoms with Gasteiger partial charge in [-0.3, -0.25) is 9.59 Å². The van der Waals surface area contributed by atoms with Gasteiger partial charge in [0.25, 0.3) is 11.8 Å². The number of nitrogens with one attached hydrogen (secondary N) is 1. The second kappa shape index (κ2) is 7.92. The Hall–Kier alpha value is -3.02. The molecule has 0 radical (unpaired) electrons. The smallest absolute Gasteiger partial charge is 0.255 e. The molecule has 0 atom stereocenters. The largest absolute Gasteiger partial charge is 0.486 e. The van der Waals surface area contributed by atoms with Gasteiger partial charge in [0.2, 0.25) is 0 Å². The Labute approximate surface area is 164 Å². The number of fused-ring (bicyclic) bond motifs is 1. The lowest BCUT2D eigenvalue weighted by molar-refractivity contribution is 0.0697. The first-order valence-corrected chi connectivity index (χ1v) is 9.67. The molecule has 4 rings (SSSR count). The zero-order valence-electron chi connectivity index (χ0n) is 15.9. The van der Waals surface area contributed by atoms with E-state index in [1.165, 1.54) is 0 Å². The first-order chi connectivity index (χ1) is 13.6. The SMILES string of the molecule is Cc1ccc(C(=O)N2CCC(NC(=O)c3cccc4c3OCCO4)CC2)cc1. The van der Waals surface area contributed by atoms with Crippen LogP contribution in [0.4, 0.5) is 0 Å². The lowest BCUT2D eigenvalue weighted by atomic mass is 10.0. The fourth-order valence-corrected chi connectivity index (χ4v) is 3.62. The number of aryl methyl sites for hydroxylation is 1. The fourth-order valence-electron chi connectivity index (χ4n) is 3.62. The highest BCUT2D eigenvalue weighted by Gasteiger charge is 2.27. The Balaban J connectivity index is 1.35. The molecule has 2 heterocycles. The van der Waals surface area contributed by atoms with Crippen LogP contribution >= 0.6 is 0 Å². The highest BCUT2D eigenvalue weighted by molar-refractivity contribution is 5.98. The highest BCUT2D eigenvalue weighted by Crippen LogP contribution is 2.33. The van der Waals surface area contributed by atoms with Gasteiger partial charge < -0.3 is 19.7 Å². The van der Waals surface area contributed by atoms with Crippen molar-refractivity contribution in [3.8, 4) is 11.5 Å². The van der Waals surface area contributed by atoms with Crippen LogP contribution in [0.5, 0.6) is 11.5 Å². The van der Waals surface area contributed by atoms with Gasteiger partial charge in [-0.2, -0.15) is 0 Å². The summed E-state index contributed by atoms with van der Waals surface area (Å²) < 4.78 is 11.2. The van der Waals surface area contributed by atoms with Crippen LogP contribution in [0.25, 0.3) is 0 Å². The van der Waals surface area contributed by atoms with Gasteiger partial charge in [-0.25, -0.2) is 0 Å². The number of carbonyl (C=O) groups excluding carboxylic acids is 2. The van der Waals surface area contributed by atoms with Crippen LogP contribution in [0.15, 0.2) is 42.5 Å². The van der Waals surface area contributed by atoms with E-state index in [4.69, 9.17) is 9.47 Å². The molecule has 0 bridgehead atoms. The number of hydrogen-bond donors (Lipinski definition) is 1. The van der Waals surface area contributed by atoms with Crippen molar-refractivity contribution in [3.05, 3.63) is 59.2 Å². The van der Waals surface area contributed by atoms with Gasteiger partial charge in [0.1, 0.15) is 13.2 Å². The van der Waals surface area contributed by atoms with E-state index >= 15 is 0 Å². The Kier molecular flexibility index (Phi) is 5.19. The van der Waals surface area contributed by atoms with Crippen LogP contribution < -0.4 is 14.8 Å². The molecule has 1 saturated heterocycles. The molecule has 6 nitrogen and oxygen atoms in total. The molecule has 28 heavy (non-hydrogen) atoms. The molecule has 0 saturated carbocycles. The van der Waals surface area contributed by atoms with Crippen LogP contribution in [0.2, 0.25) is 0 Å². The van der Waals surface area contributed by atoms with E-state index in [0.717, 1.165) is 18.4 Å². The highest BCUT2D eigenvalue weighted by atomic mass is 16.6. The summed E-state index contributed by atoms with van der Waals surface area (Å²) in [5.74, 6) is 1.01. The van der Waals surface area contributed by atoms with Crippen molar-refractivity contribution >= 4 is 11.8 Å². The van der Waals surface area contributed by atoms with Crippen molar-refractivity contribution in [2.75, 3.05) is 26.3 Å². The van der Waals surface area contributed by atoms with Crippen molar-refractivity contribution in [3.63, 3.8) is 0 Å². The number of rotatable bonds is 3. The molecule has 2 aliphatic heterocycles. The molecule has 0 spiro atoms. The molecular weight excluding hydrogens is 356 g/mol. The maximum Gasteiger partial charge on any atom is 0.255 e. The second-order valence-corrected chi connectivity index (χ2v) is 7.24. The topological polar surface area (TPSA) is 67.9 Å². The molecule has 2 aromatic rings. The van der Waals surface area contributed by atoms with Gasteiger partial charge in [-0.15, -0.1) is 0 Å². The molecule has 1 N–H and O–H groups in total. The molecular formula is C22H24N2O4. The Morgan fingerprint density at radius 1 is 1.00 bits per heavy atom. The third kappa shape index (κ3) is 3.81. The number of piperidine rings is 1. The quantitative estimate of drug-likeness (QED) is 0.889. The maximum absolute atomic E-state index is 12.7. The molecule has 0 unspecified atom stereocenters. The third-order valence-corrected chi connectivity index (χ3v) is 5.23. The normalized spacial score (nSPS) is 16.5. The van der Waals surface area contributed by atoms with E-state index in [9.17, 15) is 9.59 Å². The summed E-state index contributed by atoms with van der Waals surface area (Å²) in [5, 5.41) is 3.08. The van der Waals surface area contributed by atoms with Crippen molar-refractivity contribution < 1.29 is 19.1 Å². The van der Waals surface area contributed by atoms with Crippen LogP contribution in [0.1, 0.15) is 39.1 Å². The molecule has 0 aliphatic carbocycles. The van der Waals surface area contributed by atoms with Gasteiger partial charge in [0, 0.05) is 24.7 Å². The number of hydrogen-bond acceptors (Lipinski definition) is 4. The van der Waals surface area contributed by atoms with Crippen LogP contribution in [-0.4, -0.2) is 49.1 Å². The van der Waals surface area contributed by atoms with Gasteiger partial charge in [-0.05, 0) is 44.0 Å². The van der Waals surface area contributed by atoms with Crippen molar-refractivity contribution in [2.45, 2.75) is 25.8 Å². The number of benzene rings is 2. The lowest BCUT2D eigenvalue weighted by Gasteiger charge is -2.32. The maximum atomic E-state index is 12.7. The van der Waals surface area contributed by atoms with Gasteiger partial charge >= 0.3 is 0 Å². The summed E-state index contributed by atoms with van der Waals surface area (Å²) in [7, 11) is 0. The van der Waals surface area contributed by atoms with Crippen LogP contribution in [0, 0.1) is 6.92 Å². The zero-order chi connectivity index (χ0) is 19.5. The van der Waals surface area contributed by atoms with E-state index in [-0.39, 0.29) is 17.9 Å². The summed E-state index contributed by atoms with van der Waals surface area (Å²) in [6.45, 7) is 4.19. The minimum absolute atomic E-state index is 0.0370. The summed E-state index contributed by atoms with van der Waals surface area (Å²) in [6, 6.07) is 13.0. The molecule has 2 aliphatic rings. The fraction of sp³-hybridized carbons (Fsp3) is 0.364. The van der Waals surface area contributed by atoms with E-state index < -0.39 is 0 Å². The first kappa shape index (κ1) is 18.3. The minimum atomic E-state index is -0.161.